The van der Waals surface area contributed by atoms with Gasteiger partial charge in [0, 0.05) is 42.4 Å². The summed E-state index contributed by atoms with van der Waals surface area (Å²) in [7, 11) is 6.29. The summed E-state index contributed by atoms with van der Waals surface area (Å²) in [5.74, 6) is 0. The summed E-state index contributed by atoms with van der Waals surface area (Å²) in [5, 5.41) is 17.7. The molecule has 7 N–H and O–H groups in total. The molecule has 1 aromatic carbocycles. The number of benzene rings is 1. The Balaban J connectivity index is 2.97. The quantitative estimate of drug-likeness (QED) is 0.183. The second-order valence-electron chi connectivity index (χ2n) is 11.3. The van der Waals surface area contributed by atoms with Crippen LogP contribution in [0.4, 0.5) is 5.69 Å². The van der Waals surface area contributed by atoms with Gasteiger partial charge in [-0.1, -0.05) is 26.0 Å². The molecule has 0 amide bonds. The predicted molar refractivity (Wildman–Crippen MR) is 144 cm³/mol. The van der Waals surface area contributed by atoms with Crippen LogP contribution in [-0.2, 0) is 19.6 Å². The number of nitrogens with one attached hydrogen (secondary N) is 5. The van der Waals surface area contributed by atoms with Crippen molar-refractivity contribution in [1.82, 2.24) is 26.6 Å². The first-order valence-electron chi connectivity index (χ1n) is 12.2. The lowest BCUT2D eigenvalue weighted by atomic mass is 9.71. The van der Waals surface area contributed by atoms with Gasteiger partial charge in [0.1, 0.15) is 7.85 Å². The summed E-state index contributed by atoms with van der Waals surface area (Å²) in [6.07, 6.45) is 2.08. The maximum Gasteiger partial charge on any atom is 0.127 e. The van der Waals surface area contributed by atoms with E-state index in [0.29, 0.717) is 6.04 Å². The monoisotopic (exact) mass is 446 g/mol. The summed E-state index contributed by atoms with van der Waals surface area (Å²) in [6.45, 7) is 18.9. The summed E-state index contributed by atoms with van der Waals surface area (Å²) in [4.78, 5) is 0. The molecule has 184 valence electrons. The molecular weight excluding hydrogens is 395 g/mol. The molecule has 2 atom stereocenters. The molecule has 0 aromatic heterocycles. The number of hydrogen-bond donors (Lipinski definition) is 6. The normalized spacial score (nSPS) is 15.5. The van der Waals surface area contributed by atoms with Crippen LogP contribution >= 0.6 is 0 Å². The fraction of sp³-hybridized carbons (Fsp3) is 0.760. The first-order valence-corrected chi connectivity index (χ1v) is 12.2. The first kappa shape index (κ1) is 28.9. The van der Waals surface area contributed by atoms with Gasteiger partial charge >= 0.3 is 0 Å². The lowest BCUT2D eigenvalue weighted by Gasteiger charge is -2.36. The third kappa shape index (κ3) is 10.2. The van der Waals surface area contributed by atoms with Gasteiger partial charge in [0.2, 0.25) is 0 Å². The van der Waals surface area contributed by atoms with E-state index in [1.807, 2.05) is 14.1 Å². The van der Waals surface area contributed by atoms with Gasteiger partial charge in [-0.05, 0) is 90.2 Å². The van der Waals surface area contributed by atoms with Crippen molar-refractivity contribution in [3.8, 4) is 0 Å². The Kier molecular flexibility index (Phi) is 11.2. The zero-order valence-electron chi connectivity index (χ0n) is 22.6. The summed E-state index contributed by atoms with van der Waals surface area (Å²) in [5.41, 5.74) is 11.3. The lowest BCUT2D eigenvalue weighted by Crippen LogP contribution is -2.51. The minimum atomic E-state index is 0.0153. The third-order valence-corrected chi connectivity index (χ3v) is 6.44. The molecule has 32 heavy (non-hydrogen) atoms. The van der Waals surface area contributed by atoms with Crippen LogP contribution < -0.4 is 32.3 Å². The molecule has 0 fully saturated rings. The van der Waals surface area contributed by atoms with Crippen LogP contribution in [0.15, 0.2) is 12.1 Å². The van der Waals surface area contributed by atoms with Crippen molar-refractivity contribution >= 4 is 13.5 Å². The molecule has 1 aromatic rings. The van der Waals surface area contributed by atoms with Crippen molar-refractivity contribution in [2.75, 3.05) is 26.4 Å². The van der Waals surface area contributed by atoms with Gasteiger partial charge in [0.25, 0.3) is 0 Å². The predicted octanol–water partition coefficient (Wildman–Crippen LogP) is 2.07. The van der Waals surface area contributed by atoms with Gasteiger partial charge < -0.3 is 32.3 Å². The van der Waals surface area contributed by atoms with E-state index in [1.54, 1.807) is 0 Å². The minimum Gasteiger partial charge on any atom is -0.398 e. The van der Waals surface area contributed by atoms with Crippen LogP contribution in [0.25, 0.3) is 0 Å². The van der Waals surface area contributed by atoms with Gasteiger partial charge in [0.05, 0.1) is 0 Å². The van der Waals surface area contributed by atoms with Crippen molar-refractivity contribution in [2.24, 2.45) is 0 Å². The molecule has 0 aliphatic rings. The molecule has 0 heterocycles. The van der Waals surface area contributed by atoms with E-state index in [9.17, 15) is 0 Å². The molecule has 0 spiro atoms. The van der Waals surface area contributed by atoms with Gasteiger partial charge in [-0.3, -0.25) is 0 Å². The maximum atomic E-state index is 6.59. The molecule has 1 rings (SSSR count). The van der Waals surface area contributed by atoms with Crippen LogP contribution in [0.1, 0.15) is 78.0 Å². The van der Waals surface area contributed by atoms with E-state index in [2.05, 4.69) is 95.0 Å². The second kappa shape index (κ2) is 12.4. The summed E-state index contributed by atoms with van der Waals surface area (Å²) < 4.78 is 0. The fourth-order valence-electron chi connectivity index (χ4n) is 4.33. The number of hydrogen-bond acceptors (Lipinski definition) is 6. The van der Waals surface area contributed by atoms with E-state index in [1.165, 1.54) is 16.7 Å². The molecule has 7 heteroatoms. The SMILES string of the molecule is BC(C)(CC(C)(C)NCc1cc(CNCC)c(N)c(CNC(C)CC(C)(C)NC)c1)NC. The Morgan fingerprint density at radius 3 is 2.06 bits per heavy atom. The van der Waals surface area contributed by atoms with Crippen molar-refractivity contribution in [1.29, 1.82) is 0 Å². The Morgan fingerprint density at radius 2 is 1.53 bits per heavy atom. The smallest absolute Gasteiger partial charge is 0.127 e. The topological polar surface area (TPSA) is 86.2 Å². The summed E-state index contributed by atoms with van der Waals surface area (Å²) in [6, 6.07) is 4.90. The van der Waals surface area contributed by atoms with Crippen molar-refractivity contribution < 1.29 is 0 Å². The van der Waals surface area contributed by atoms with E-state index in [0.717, 1.165) is 44.7 Å². The van der Waals surface area contributed by atoms with Crippen molar-refractivity contribution in [3.63, 3.8) is 0 Å². The average Bonchev–Trinajstić information content (AvgIpc) is 2.70. The summed E-state index contributed by atoms with van der Waals surface area (Å²) >= 11 is 0. The molecule has 0 radical (unpaired) electrons. The van der Waals surface area contributed by atoms with Gasteiger partial charge in [0.15, 0.2) is 0 Å². The number of nitrogens with two attached hydrogens (primary N) is 1. The Labute approximate surface area is 199 Å². The third-order valence-electron chi connectivity index (χ3n) is 6.44. The highest BCUT2D eigenvalue weighted by Crippen LogP contribution is 2.23. The Hall–Kier alpha value is -1.12. The van der Waals surface area contributed by atoms with Crippen LogP contribution in [0.3, 0.4) is 0 Å². The number of rotatable bonds is 15. The largest absolute Gasteiger partial charge is 0.398 e. The maximum absolute atomic E-state index is 6.59. The Bertz CT molecular complexity index is 702. The van der Waals surface area contributed by atoms with Crippen molar-refractivity contribution in [3.05, 3.63) is 28.8 Å². The highest BCUT2D eigenvalue weighted by Gasteiger charge is 2.27. The molecule has 0 aliphatic carbocycles. The van der Waals surface area contributed by atoms with E-state index < -0.39 is 0 Å². The van der Waals surface area contributed by atoms with Crippen LogP contribution in [0.5, 0.6) is 0 Å². The van der Waals surface area contributed by atoms with Crippen molar-refractivity contribution in [2.45, 2.75) is 104 Å². The number of nitrogen functional groups attached to an aromatic ring is 1. The Morgan fingerprint density at radius 1 is 0.938 bits per heavy atom. The molecule has 0 aliphatic heterocycles. The fourth-order valence-corrected chi connectivity index (χ4v) is 4.33. The van der Waals surface area contributed by atoms with Crippen LogP contribution in [0.2, 0.25) is 0 Å². The molecule has 0 saturated carbocycles. The van der Waals surface area contributed by atoms with E-state index >= 15 is 0 Å². The highest BCUT2D eigenvalue weighted by molar-refractivity contribution is 6.15. The standard InChI is InChI=1S/C25H51BN6/c1-10-30-15-20-11-19(14-32-24(5,6)17-25(7,26)29-9)12-21(22(20)27)16-31-18(2)13-23(3,4)28-8/h11-12,18,28-32H,10,13-17,26-27H2,1-9H3. The second-order valence-corrected chi connectivity index (χ2v) is 11.3. The van der Waals surface area contributed by atoms with Crippen LogP contribution in [-0.4, -0.2) is 51.0 Å². The van der Waals surface area contributed by atoms with Gasteiger partial charge in [-0.25, -0.2) is 0 Å². The molecule has 0 saturated heterocycles. The molecule has 6 nitrogen and oxygen atoms in total. The van der Waals surface area contributed by atoms with E-state index in [-0.39, 0.29) is 16.5 Å². The van der Waals surface area contributed by atoms with E-state index in [4.69, 9.17) is 5.73 Å². The zero-order chi connectivity index (χ0) is 24.6. The van der Waals surface area contributed by atoms with Crippen LogP contribution in [0, 0.1) is 0 Å². The van der Waals surface area contributed by atoms with Gasteiger partial charge in [-0.2, -0.15) is 0 Å². The van der Waals surface area contributed by atoms with Gasteiger partial charge in [-0.15, -0.1) is 0 Å². The molecule has 2 unspecified atom stereocenters. The minimum absolute atomic E-state index is 0.0153. The number of anilines is 1. The molecular formula is C25H51BN6. The average molecular weight is 447 g/mol. The zero-order valence-corrected chi connectivity index (χ0v) is 22.6. The lowest BCUT2D eigenvalue weighted by molar-refractivity contribution is 0.302. The first-order chi connectivity index (χ1) is 14.7. The highest BCUT2D eigenvalue weighted by atomic mass is 15.0. The molecule has 0 bridgehead atoms.